The Morgan fingerprint density at radius 1 is 1.00 bits per heavy atom. The number of alkyl halides is 3. The van der Waals surface area contributed by atoms with Gasteiger partial charge in [-0.2, -0.15) is 13.2 Å². The molecule has 0 N–H and O–H groups in total. The molecule has 0 fully saturated rings. The van der Waals surface area contributed by atoms with Gasteiger partial charge in [-0.1, -0.05) is 24.3 Å². The second-order valence-electron chi connectivity index (χ2n) is 4.19. The summed E-state index contributed by atoms with van der Waals surface area (Å²) in [6, 6.07) is 9.74. The highest BCUT2D eigenvalue weighted by Crippen LogP contribution is 2.35. The molecule has 0 amide bonds. The highest BCUT2D eigenvalue weighted by atomic mass is 19.4. The normalized spacial score (nSPS) is 11.2. The van der Waals surface area contributed by atoms with E-state index >= 15 is 0 Å². The van der Waals surface area contributed by atoms with Crippen LogP contribution in [-0.2, 0) is 6.18 Å². The van der Waals surface area contributed by atoms with Crippen molar-refractivity contribution in [3.63, 3.8) is 0 Å². The Balaban J connectivity index is 2.14. The Morgan fingerprint density at radius 3 is 2.29 bits per heavy atom. The van der Waals surface area contributed by atoms with Crippen LogP contribution in [-0.4, -0.2) is 12.4 Å². The molecule has 6 heteroatoms. The molecule has 0 heterocycles. The molecule has 2 aromatic rings. The van der Waals surface area contributed by atoms with Crippen LogP contribution >= 0.6 is 0 Å². The summed E-state index contributed by atoms with van der Waals surface area (Å²) in [7, 11) is 0. The van der Waals surface area contributed by atoms with Crippen LogP contribution in [0.1, 0.15) is 15.9 Å². The van der Waals surface area contributed by atoms with E-state index in [2.05, 4.69) is 0 Å². The SMILES string of the molecule is O=C(COc1ccccc1C(F)(F)F)c1ccccc1F. The Morgan fingerprint density at radius 2 is 1.62 bits per heavy atom. The maximum atomic E-state index is 13.4. The minimum absolute atomic E-state index is 0.220. The van der Waals surface area contributed by atoms with Gasteiger partial charge < -0.3 is 4.74 Å². The minimum atomic E-state index is -4.59. The quantitative estimate of drug-likeness (QED) is 0.627. The molecule has 0 aliphatic heterocycles. The summed E-state index contributed by atoms with van der Waals surface area (Å²) in [6.45, 7) is -0.673. The van der Waals surface area contributed by atoms with Gasteiger partial charge in [0, 0.05) is 0 Å². The first-order valence-corrected chi connectivity index (χ1v) is 5.96. The third-order valence-corrected chi connectivity index (χ3v) is 2.73. The Labute approximate surface area is 118 Å². The van der Waals surface area contributed by atoms with Crippen LogP contribution in [0.2, 0.25) is 0 Å². The van der Waals surface area contributed by atoms with E-state index in [1.54, 1.807) is 0 Å². The highest BCUT2D eigenvalue weighted by molar-refractivity contribution is 5.97. The molecule has 110 valence electrons. The molecule has 2 nitrogen and oxygen atoms in total. The van der Waals surface area contributed by atoms with Crippen LogP contribution in [0.5, 0.6) is 5.75 Å². The van der Waals surface area contributed by atoms with Gasteiger partial charge in [0.1, 0.15) is 11.6 Å². The highest BCUT2D eigenvalue weighted by Gasteiger charge is 2.34. The van der Waals surface area contributed by atoms with Gasteiger partial charge in [0.15, 0.2) is 6.61 Å². The van der Waals surface area contributed by atoms with Gasteiger partial charge >= 0.3 is 6.18 Å². The number of rotatable bonds is 4. The smallest absolute Gasteiger partial charge is 0.419 e. The summed E-state index contributed by atoms with van der Waals surface area (Å²) in [5, 5.41) is 0. The van der Waals surface area contributed by atoms with Crippen molar-refractivity contribution in [3.8, 4) is 5.75 Å². The van der Waals surface area contributed by atoms with Gasteiger partial charge in [0.2, 0.25) is 5.78 Å². The second kappa shape index (κ2) is 5.95. The molecule has 21 heavy (non-hydrogen) atoms. The molecule has 0 aliphatic carbocycles. The van der Waals surface area contributed by atoms with Crippen LogP contribution in [0.3, 0.4) is 0 Å². The number of halogens is 4. The third-order valence-electron chi connectivity index (χ3n) is 2.73. The van der Waals surface area contributed by atoms with Crippen LogP contribution in [0.15, 0.2) is 48.5 Å². The largest absolute Gasteiger partial charge is 0.485 e. The van der Waals surface area contributed by atoms with Crippen LogP contribution in [0.25, 0.3) is 0 Å². The Kier molecular flexibility index (Phi) is 4.26. The fraction of sp³-hybridized carbons (Fsp3) is 0.133. The third kappa shape index (κ3) is 3.59. The second-order valence-corrected chi connectivity index (χ2v) is 4.19. The zero-order valence-electron chi connectivity index (χ0n) is 10.7. The van der Waals surface area contributed by atoms with E-state index in [0.717, 1.165) is 18.2 Å². The fourth-order valence-electron chi connectivity index (χ4n) is 1.74. The van der Waals surface area contributed by atoms with Gasteiger partial charge in [-0.05, 0) is 24.3 Å². The zero-order chi connectivity index (χ0) is 15.5. The van der Waals surface area contributed by atoms with Crippen molar-refractivity contribution in [3.05, 3.63) is 65.5 Å². The van der Waals surface area contributed by atoms with E-state index in [0.29, 0.717) is 0 Å². The zero-order valence-corrected chi connectivity index (χ0v) is 10.7. The molecule has 0 radical (unpaired) electrons. The van der Waals surface area contributed by atoms with Gasteiger partial charge in [-0.15, -0.1) is 0 Å². The van der Waals surface area contributed by atoms with Crippen LogP contribution in [0.4, 0.5) is 17.6 Å². The Hall–Kier alpha value is -2.37. The number of Topliss-reactive ketones (excluding diaryl/α,β-unsaturated/α-hetero) is 1. The molecule has 0 atom stereocenters. The van der Waals surface area contributed by atoms with Crippen molar-refractivity contribution < 1.29 is 27.1 Å². The monoisotopic (exact) mass is 298 g/mol. The van der Waals surface area contributed by atoms with E-state index in [9.17, 15) is 22.4 Å². The molecule has 0 bridgehead atoms. The number of ketones is 1. The first-order chi connectivity index (χ1) is 9.89. The number of hydrogen-bond donors (Lipinski definition) is 0. The molecular formula is C15H10F4O2. The fourth-order valence-corrected chi connectivity index (χ4v) is 1.74. The number of ether oxygens (including phenoxy) is 1. The van der Waals surface area contributed by atoms with E-state index < -0.39 is 35.7 Å². The maximum Gasteiger partial charge on any atom is 0.419 e. The van der Waals surface area contributed by atoms with E-state index in [1.807, 2.05) is 0 Å². The molecule has 0 aliphatic rings. The van der Waals surface area contributed by atoms with E-state index in [1.165, 1.54) is 30.3 Å². The molecule has 0 spiro atoms. The number of para-hydroxylation sites is 1. The first-order valence-electron chi connectivity index (χ1n) is 5.96. The predicted molar refractivity (Wildman–Crippen MR) is 67.7 cm³/mol. The van der Waals surface area contributed by atoms with Crippen molar-refractivity contribution in [2.24, 2.45) is 0 Å². The molecule has 0 saturated carbocycles. The standard InChI is InChI=1S/C15H10F4O2/c16-12-7-3-1-5-10(12)13(20)9-21-14-8-4-2-6-11(14)15(17,18)19/h1-8H,9H2. The molecular weight excluding hydrogens is 288 g/mol. The van der Waals surface area contributed by atoms with Crippen molar-refractivity contribution in [1.82, 2.24) is 0 Å². The topological polar surface area (TPSA) is 26.3 Å². The summed E-state index contributed by atoms with van der Waals surface area (Å²) in [5.74, 6) is -1.94. The minimum Gasteiger partial charge on any atom is -0.485 e. The summed E-state index contributed by atoms with van der Waals surface area (Å²) in [5.41, 5.74) is -1.20. The lowest BCUT2D eigenvalue weighted by Crippen LogP contribution is -2.15. The van der Waals surface area contributed by atoms with Crippen molar-refractivity contribution >= 4 is 5.78 Å². The van der Waals surface area contributed by atoms with Crippen molar-refractivity contribution in [1.29, 1.82) is 0 Å². The van der Waals surface area contributed by atoms with Crippen LogP contribution in [0, 0.1) is 5.82 Å². The Bertz CT molecular complexity index is 650. The summed E-state index contributed by atoms with van der Waals surface area (Å²) in [6.07, 6.45) is -4.59. The van der Waals surface area contributed by atoms with Gasteiger partial charge in [-0.3, -0.25) is 4.79 Å². The lowest BCUT2D eigenvalue weighted by molar-refractivity contribution is -0.138. The van der Waals surface area contributed by atoms with Gasteiger partial charge in [0.25, 0.3) is 0 Å². The number of benzene rings is 2. The summed E-state index contributed by atoms with van der Waals surface area (Å²) >= 11 is 0. The lowest BCUT2D eigenvalue weighted by Gasteiger charge is -2.13. The number of carbonyl (C=O) groups excluding carboxylic acids is 1. The molecule has 0 unspecified atom stereocenters. The van der Waals surface area contributed by atoms with E-state index in [-0.39, 0.29) is 5.56 Å². The first kappa shape index (κ1) is 15.0. The average molecular weight is 298 g/mol. The predicted octanol–water partition coefficient (Wildman–Crippen LogP) is 4.11. The molecule has 2 rings (SSSR count). The molecule has 0 aromatic heterocycles. The number of carbonyl (C=O) groups is 1. The number of hydrogen-bond acceptors (Lipinski definition) is 2. The van der Waals surface area contributed by atoms with E-state index in [4.69, 9.17) is 4.74 Å². The summed E-state index contributed by atoms with van der Waals surface area (Å²) in [4.78, 5) is 11.8. The van der Waals surface area contributed by atoms with Gasteiger partial charge in [0.05, 0.1) is 11.1 Å². The van der Waals surface area contributed by atoms with Gasteiger partial charge in [-0.25, -0.2) is 4.39 Å². The molecule has 0 saturated heterocycles. The van der Waals surface area contributed by atoms with Crippen LogP contribution < -0.4 is 4.74 Å². The average Bonchev–Trinajstić information content (AvgIpc) is 2.44. The van der Waals surface area contributed by atoms with Crippen molar-refractivity contribution in [2.75, 3.05) is 6.61 Å². The molecule has 2 aromatic carbocycles. The maximum absolute atomic E-state index is 13.4. The lowest BCUT2D eigenvalue weighted by atomic mass is 10.1. The van der Waals surface area contributed by atoms with Crippen molar-refractivity contribution in [2.45, 2.75) is 6.18 Å². The summed E-state index contributed by atoms with van der Waals surface area (Å²) < 4.78 is 56.5.